The van der Waals surface area contributed by atoms with E-state index in [1.165, 1.54) is 23.0 Å². The van der Waals surface area contributed by atoms with Gasteiger partial charge in [0.05, 0.1) is 19.0 Å². The summed E-state index contributed by atoms with van der Waals surface area (Å²) in [5, 5.41) is 37.0. The zero-order chi connectivity index (χ0) is 22.8. The number of azide groups is 1. The lowest BCUT2D eigenvalue weighted by Crippen LogP contribution is -2.34. The molecule has 0 bridgehead atoms. The third-order valence-electron chi connectivity index (χ3n) is 4.88. The normalized spacial score (nSPS) is 22.9. The first kappa shape index (κ1) is 21.7. The molecule has 4 atom stereocenters. The number of ether oxygens (including phenoxy) is 2. The summed E-state index contributed by atoms with van der Waals surface area (Å²) in [5.41, 5.74) is 9.99. The average Bonchev–Trinajstić information content (AvgIpc) is 3.30. The summed E-state index contributed by atoms with van der Waals surface area (Å²) in [4.78, 5) is 15.5. The number of anilines is 2. The Labute approximate surface area is 181 Å². The lowest BCUT2D eigenvalue weighted by Gasteiger charge is -2.17. The number of fused-ring (bicyclic) bond motifs is 1. The quantitative estimate of drug-likeness (QED) is 0.184. The van der Waals surface area contributed by atoms with Gasteiger partial charge in [-0.1, -0.05) is 0 Å². The van der Waals surface area contributed by atoms with Crippen LogP contribution in [0.1, 0.15) is 20.1 Å². The van der Waals surface area contributed by atoms with Crippen molar-refractivity contribution in [1.29, 1.82) is 0 Å². The first-order valence-electron chi connectivity index (χ1n) is 9.86. The van der Waals surface area contributed by atoms with E-state index < -0.39 is 24.5 Å². The second-order valence-electron chi connectivity index (χ2n) is 7.49. The molecular formula is C19H22N8O5. The molecule has 0 aliphatic carbocycles. The van der Waals surface area contributed by atoms with Crippen molar-refractivity contribution in [3.63, 3.8) is 0 Å². The van der Waals surface area contributed by atoms with Crippen LogP contribution in [-0.4, -0.2) is 65.9 Å². The molecule has 4 rings (SSSR count). The van der Waals surface area contributed by atoms with E-state index in [1.807, 2.05) is 13.8 Å². The highest BCUT2D eigenvalue weighted by Gasteiger charge is 2.44. The number of aliphatic hydroxyl groups excluding tert-OH is 2. The van der Waals surface area contributed by atoms with Crippen molar-refractivity contribution >= 4 is 28.6 Å². The number of nitrogens with zero attached hydrogens (tertiary/aromatic N) is 7. The number of aromatic hydroxyl groups is 1. The first-order chi connectivity index (χ1) is 15.4. The summed E-state index contributed by atoms with van der Waals surface area (Å²) in [6.45, 7) is 3.82. The summed E-state index contributed by atoms with van der Waals surface area (Å²) < 4.78 is 12.8. The fourth-order valence-electron chi connectivity index (χ4n) is 3.33. The van der Waals surface area contributed by atoms with Crippen molar-refractivity contribution in [3.8, 4) is 5.75 Å². The predicted molar refractivity (Wildman–Crippen MR) is 113 cm³/mol. The van der Waals surface area contributed by atoms with Gasteiger partial charge in [0.25, 0.3) is 0 Å². The van der Waals surface area contributed by atoms with Crippen molar-refractivity contribution in [2.24, 2.45) is 5.11 Å². The molecule has 4 N–H and O–H groups in total. The van der Waals surface area contributed by atoms with Gasteiger partial charge >= 0.3 is 0 Å². The van der Waals surface area contributed by atoms with Gasteiger partial charge in [0, 0.05) is 10.6 Å². The molecule has 168 valence electrons. The predicted octanol–water partition coefficient (Wildman–Crippen LogP) is 2.26. The number of benzene rings is 1. The number of imidazole rings is 1. The van der Waals surface area contributed by atoms with Crippen molar-refractivity contribution in [2.75, 3.05) is 11.9 Å². The van der Waals surface area contributed by atoms with Crippen LogP contribution in [0.2, 0.25) is 0 Å². The molecule has 3 aromatic rings. The summed E-state index contributed by atoms with van der Waals surface area (Å²) in [7, 11) is 0. The molecule has 1 saturated heterocycles. The largest absolute Gasteiger partial charge is 0.508 e. The Bertz CT molecular complexity index is 1140. The van der Waals surface area contributed by atoms with Crippen LogP contribution >= 0.6 is 0 Å². The van der Waals surface area contributed by atoms with Crippen LogP contribution in [0.5, 0.6) is 5.75 Å². The molecule has 2 aromatic heterocycles. The Morgan fingerprint density at radius 3 is 2.69 bits per heavy atom. The molecule has 0 amide bonds. The Balaban J connectivity index is 1.71. The average molecular weight is 442 g/mol. The van der Waals surface area contributed by atoms with Crippen molar-refractivity contribution in [1.82, 2.24) is 19.5 Å². The molecule has 3 heterocycles. The lowest BCUT2D eigenvalue weighted by atomic mass is 10.1. The van der Waals surface area contributed by atoms with E-state index in [9.17, 15) is 15.3 Å². The molecule has 13 nitrogen and oxygen atoms in total. The number of hydrogen-bond donors (Lipinski definition) is 4. The molecule has 1 aromatic carbocycles. The van der Waals surface area contributed by atoms with Crippen LogP contribution in [0.25, 0.3) is 21.6 Å². The molecular weight excluding hydrogens is 420 g/mol. The highest BCUT2D eigenvalue weighted by atomic mass is 16.6. The van der Waals surface area contributed by atoms with Gasteiger partial charge < -0.3 is 30.1 Å². The molecule has 0 spiro atoms. The highest BCUT2D eigenvalue weighted by Crippen LogP contribution is 2.34. The van der Waals surface area contributed by atoms with E-state index in [0.717, 1.165) is 0 Å². The minimum Gasteiger partial charge on any atom is -0.508 e. The van der Waals surface area contributed by atoms with Crippen LogP contribution < -0.4 is 5.32 Å². The van der Waals surface area contributed by atoms with Gasteiger partial charge in [0.15, 0.2) is 23.2 Å². The minimum atomic E-state index is -1.26. The molecule has 0 unspecified atom stereocenters. The fourth-order valence-corrected chi connectivity index (χ4v) is 3.33. The number of aromatic nitrogens is 4. The fraction of sp³-hybridized carbons (Fsp3) is 0.421. The molecule has 0 saturated carbocycles. The number of phenolic OH excluding ortho intramolecular Hbond substituents is 1. The molecule has 1 aliphatic heterocycles. The van der Waals surface area contributed by atoms with Crippen molar-refractivity contribution in [2.45, 2.75) is 44.5 Å². The van der Waals surface area contributed by atoms with Crippen molar-refractivity contribution < 1.29 is 24.8 Å². The molecule has 13 heteroatoms. The second kappa shape index (κ2) is 8.94. The summed E-state index contributed by atoms with van der Waals surface area (Å²) in [5.74, 6) is 0.176. The summed E-state index contributed by atoms with van der Waals surface area (Å²) >= 11 is 0. The summed E-state index contributed by atoms with van der Waals surface area (Å²) in [6.07, 6.45) is -2.85. The number of nitrogens with one attached hydrogen (secondary N) is 1. The van der Waals surface area contributed by atoms with Gasteiger partial charge in [-0.2, -0.15) is 0 Å². The zero-order valence-corrected chi connectivity index (χ0v) is 17.3. The lowest BCUT2D eigenvalue weighted by molar-refractivity contribution is -0.0754. The maximum absolute atomic E-state index is 10.6. The Hall–Kier alpha value is -3.48. The van der Waals surface area contributed by atoms with Gasteiger partial charge in [-0.15, -0.1) is 0 Å². The van der Waals surface area contributed by atoms with Crippen molar-refractivity contribution in [3.05, 3.63) is 41.0 Å². The van der Waals surface area contributed by atoms with Gasteiger partial charge in [-0.05, 0) is 48.8 Å². The van der Waals surface area contributed by atoms with E-state index in [-0.39, 0.29) is 35.9 Å². The SMILES string of the molecule is CC(C)OC[C@H]1O[C@@H](n2cnc3c(Nc4ccc(O)cc4)nc(N=[N+]=[N-])nc32)[C@H](O)[C@@H]1O. The van der Waals surface area contributed by atoms with E-state index in [4.69, 9.17) is 15.0 Å². The first-order valence-corrected chi connectivity index (χ1v) is 9.86. The number of hydrogen-bond acceptors (Lipinski definition) is 10. The van der Waals surface area contributed by atoms with Gasteiger partial charge in [0.2, 0.25) is 5.95 Å². The van der Waals surface area contributed by atoms with Gasteiger partial charge in [-0.25, -0.2) is 15.0 Å². The number of rotatable bonds is 7. The van der Waals surface area contributed by atoms with Crippen LogP contribution in [0.4, 0.5) is 17.5 Å². The van der Waals surface area contributed by atoms with E-state index >= 15 is 0 Å². The third-order valence-corrected chi connectivity index (χ3v) is 4.88. The Morgan fingerprint density at radius 2 is 2.00 bits per heavy atom. The second-order valence-corrected chi connectivity index (χ2v) is 7.49. The van der Waals surface area contributed by atoms with E-state index in [0.29, 0.717) is 11.2 Å². The highest BCUT2D eigenvalue weighted by molar-refractivity contribution is 5.86. The Morgan fingerprint density at radius 1 is 1.25 bits per heavy atom. The van der Waals surface area contributed by atoms with E-state index in [2.05, 4.69) is 30.3 Å². The monoisotopic (exact) mass is 442 g/mol. The molecule has 1 aliphatic rings. The standard InChI is InChI=1S/C19H22N8O5/c1-9(2)31-7-12-14(29)15(30)18(32-12)27-8-21-13-16(22-10-3-5-11(28)6-4-10)23-19(25-26-20)24-17(13)27/h3-6,8-9,12,14-15,18,28-30H,7H2,1-2H3,(H,22,23,24)/t12-,14-,15-,18-/m1/s1. The Kier molecular flexibility index (Phi) is 6.08. The minimum absolute atomic E-state index is 0.0660. The van der Waals surface area contributed by atoms with Crippen LogP contribution in [0, 0.1) is 0 Å². The van der Waals surface area contributed by atoms with E-state index in [1.54, 1.807) is 12.1 Å². The third kappa shape index (κ3) is 4.28. The molecule has 1 fully saturated rings. The topological polar surface area (TPSA) is 184 Å². The smallest absolute Gasteiger partial charge is 0.220 e. The molecule has 32 heavy (non-hydrogen) atoms. The number of aliphatic hydroxyl groups is 2. The van der Waals surface area contributed by atoms with Crippen LogP contribution in [0.15, 0.2) is 35.7 Å². The van der Waals surface area contributed by atoms with Crippen LogP contribution in [-0.2, 0) is 9.47 Å². The maximum Gasteiger partial charge on any atom is 0.220 e. The van der Waals surface area contributed by atoms with Crippen LogP contribution in [0.3, 0.4) is 0 Å². The zero-order valence-electron chi connectivity index (χ0n) is 17.3. The van der Waals surface area contributed by atoms with Gasteiger partial charge in [-0.3, -0.25) is 4.57 Å². The summed E-state index contributed by atoms with van der Waals surface area (Å²) in [6, 6.07) is 6.26. The maximum atomic E-state index is 10.6. The molecule has 0 radical (unpaired) electrons. The van der Waals surface area contributed by atoms with Gasteiger partial charge in [0.1, 0.15) is 24.1 Å². The number of phenols is 1.